The van der Waals surface area contributed by atoms with Crippen molar-refractivity contribution in [2.24, 2.45) is 0 Å². The van der Waals surface area contributed by atoms with Crippen molar-refractivity contribution in [3.8, 4) is 5.75 Å². The van der Waals surface area contributed by atoms with Crippen molar-refractivity contribution in [1.82, 2.24) is 19.7 Å². The number of pyridine rings is 1. The molecule has 0 spiro atoms. The molecule has 2 aromatic carbocycles. The number of hydrogen-bond donors (Lipinski definition) is 0. The van der Waals surface area contributed by atoms with Gasteiger partial charge < -0.3 is 9.64 Å². The fourth-order valence-corrected chi connectivity index (χ4v) is 5.19. The quantitative estimate of drug-likeness (QED) is 0.465. The molecular formula is C29H33ClN4O2. The van der Waals surface area contributed by atoms with E-state index in [-0.39, 0.29) is 12.0 Å². The zero-order valence-corrected chi connectivity index (χ0v) is 21.3. The van der Waals surface area contributed by atoms with Crippen LogP contribution in [0.3, 0.4) is 0 Å². The Hall–Kier alpha value is -2.93. The molecule has 1 amide bonds. The van der Waals surface area contributed by atoms with E-state index >= 15 is 0 Å². The third kappa shape index (κ3) is 6.64. The van der Waals surface area contributed by atoms with E-state index in [0.717, 1.165) is 57.9 Å². The molecule has 0 atom stereocenters. The lowest BCUT2D eigenvalue weighted by atomic mass is 10.1. The second-order valence-corrected chi connectivity index (χ2v) is 10.1. The van der Waals surface area contributed by atoms with Crippen LogP contribution in [0.4, 0.5) is 0 Å². The lowest BCUT2D eigenvalue weighted by Gasteiger charge is -2.35. The number of amides is 1. The van der Waals surface area contributed by atoms with Crippen molar-refractivity contribution >= 4 is 17.5 Å². The topological polar surface area (TPSA) is 48.9 Å². The van der Waals surface area contributed by atoms with E-state index in [1.165, 1.54) is 11.1 Å². The number of piperazine rings is 1. The van der Waals surface area contributed by atoms with Crippen molar-refractivity contribution in [1.29, 1.82) is 0 Å². The number of ether oxygens (including phenoxy) is 1. The van der Waals surface area contributed by atoms with Gasteiger partial charge in [0.05, 0.1) is 0 Å². The Labute approximate surface area is 218 Å². The predicted molar refractivity (Wildman–Crippen MR) is 142 cm³/mol. The molecule has 0 bridgehead atoms. The Morgan fingerprint density at radius 1 is 0.861 bits per heavy atom. The number of carbonyl (C=O) groups is 1. The summed E-state index contributed by atoms with van der Waals surface area (Å²) in [6, 6.07) is 19.8. The SMILES string of the molecule is O=C(c1cccc(Cl)c1)N1CCC(Oc2cccc(CN3CCN(Cc4cccnc4)CC3)c2)CC1. The number of hydrogen-bond acceptors (Lipinski definition) is 5. The zero-order chi connectivity index (χ0) is 24.7. The van der Waals surface area contributed by atoms with Gasteiger partial charge >= 0.3 is 0 Å². The summed E-state index contributed by atoms with van der Waals surface area (Å²) in [5.41, 5.74) is 3.20. The number of rotatable bonds is 7. The first kappa shape index (κ1) is 24.8. The standard InChI is InChI=1S/C29H33ClN4O2/c30-26-7-2-6-25(19-26)29(35)34-12-9-27(10-13-34)36-28-8-1-4-23(18-28)21-32-14-16-33(17-15-32)22-24-5-3-11-31-20-24/h1-8,11,18-20,27H,9-10,12-17,21-22H2. The number of aromatic nitrogens is 1. The Bertz CT molecular complexity index is 1140. The molecule has 0 radical (unpaired) electrons. The highest BCUT2D eigenvalue weighted by Crippen LogP contribution is 2.23. The highest BCUT2D eigenvalue weighted by Gasteiger charge is 2.25. The maximum atomic E-state index is 12.8. The molecule has 2 fully saturated rings. The molecule has 6 nitrogen and oxygen atoms in total. The summed E-state index contributed by atoms with van der Waals surface area (Å²) in [7, 11) is 0. The van der Waals surface area contributed by atoms with Gasteiger partial charge in [-0.1, -0.05) is 35.9 Å². The van der Waals surface area contributed by atoms with E-state index in [4.69, 9.17) is 16.3 Å². The monoisotopic (exact) mass is 504 g/mol. The third-order valence-corrected chi connectivity index (χ3v) is 7.24. The van der Waals surface area contributed by atoms with Crippen LogP contribution in [0.25, 0.3) is 0 Å². The van der Waals surface area contributed by atoms with Crippen LogP contribution < -0.4 is 4.74 Å². The summed E-state index contributed by atoms with van der Waals surface area (Å²) in [5, 5.41) is 0.588. The van der Waals surface area contributed by atoms with E-state index in [0.29, 0.717) is 23.7 Å². The van der Waals surface area contributed by atoms with Gasteiger partial charge in [-0.25, -0.2) is 0 Å². The van der Waals surface area contributed by atoms with Gasteiger partial charge in [0, 0.05) is 88.2 Å². The maximum absolute atomic E-state index is 12.8. The van der Waals surface area contributed by atoms with Crippen molar-refractivity contribution in [3.05, 3.63) is 94.8 Å². The van der Waals surface area contributed by atoms with Crippen molar-refractivity contribution < 1.29 is 9.53 Å². The summed E-state index contributed by atoms with van der Waals surface area (Å²) >= 11 is 6.05. The van der Waals surface area contributed by atoms with Crippen LogP contribution in [0.2, 0.25) is 5.02 Å². The average molecular weight is 505 g/mol. The third-order valence-electron chi connectivity index (χ3n) is 7.00. The van der Waals surface area contributed by atoms with Crippen LogP contribution in [0.15, 0.2) is 73.1 Å². The number of carbonyl (C=O) groups excluding carboxylic acids is 1. The fourth-order valence-electron chi connectivity index (χ4n) is 5.00. The minimum atomic E-state index is 0.0403. The molecular weight excluding hydrogens is 472 g/mol. The molecule has 5 rings (SSSR count). The first-order valence-corrected chi connectivity index (χ1v) is 13.1. The van der Waals surface area contributed by atoms with Gasteiger partial charge in [0.2, 0.25) is 0 Å². The van der Waals surface area contributed by atoms with Crippen LogP contribution in [0.5, 0.6) is 5.75 Å². The number of benzene rings is 2. The van der Waals surface area contributed by atoms with Crippen LogP contribution in [0.1, 0.15) is 34.3 Å². The van der Waals surface area contributed by atoms with E-state index < -0.39 is 0 Å². The largest absolute Gasteiger partial charge is 0.490 e. The summed E-state index contributed by atoms with van der Waals surface area (Å²) in [5.74, 6) is 0.959. The minimum Gasteiger partial charge on any atom is -0.490 e. The molecule has 2 aliphatic rings. The number of likely N-dealkylation sites (tertiary alicyclic amines) is 1. The summed E-state index contributed by atoms with van der Waals surface area (Å²) in [4.78, 5) is 23.9. The molecule has 1 aromatic heterocycles. The van der Waals surface area contributed by atoms with Gasteiger partial charge in [0.15, 0.2) is 0 Å². The van der Waals surface area contributed by atoms with Crippen molar-refractivity contribution in [2.75, 3.05) is 39.3 Å². The summed E-state index contributed by atoms with van der Waals surface area (Å²) < 4.78 is 6.33. The second kappa shape index (κ2) is 11.9. The van der Waals surface area contributed by atoms with Gasteiger partial charge in [0.1, 0.15) is 11.9 Å². The molecule has 188 valence electrons. The Kier molecular flexibility index (Phi) is 8.16. The lowest BCUT2D eigenvalue weighted by molar-refractivity contribution is 0.0595. The summed E-state index contributed by atoms with van der Waals surface area (Å²) in [6.07, 6.45) is 5.56. The molecule has 3 heterocycles. The molecule has 0 saturated carbocycles. The van der Waals surface area contributed by atoms with Crippen LogP contribution >= 0.6 is 11.6 Å². The molecule has 0 aliphatic carbocycles. The van der Waals surface area contributed by atoms with E-state index in [9.17, 15) is 4.79 Å². The average Bonchev–Trinajstić information content (AvgIpc) is 2.91. The van der Waals surface area contributed by atoms with Gasteiger partial charge in [-0.15, -0.1) is 0 Å². The molecule has 2 saturated heterocycles. The Morgan fingerprint density at radius 2 is 1.56 bits per heavy atom. The normalized spacial score (nSPS) is 17.8. The van der Waals surface area contributed by atoms with E-state index in [2.05, 4.69) is 39.0 Å². The predicted octanol–water partition coefficient (Wildman–Crippen LogP) is 4.74. The molecule has 3 aromatic rings. The molecule has 7 heteroatoms. The number of nitrogens with zero attached hydrogens (tertiary/aromatic N) is 4. The highest BCUT2D eigenvalue weighted by molar-refractivity contribution is 6.30. The Balaban J connectivity index is 1.07. The molecule has 0 N–H and O–H groups in total. The van der Waals surface area contributed by atoms with E-state index in [1.54, 1.807) is 12.1 Å². The highest BCUT2D eigenvalue weighted by atomic mass is 35.5. The van der Waals surface area contributed by atoms with E-state index in [1.807, 2.05) is 41.6 Å². The van der Waals surface area contributed by atoms with Crippen LogP contribution in [-0.4, -0.2) is 71.0 Å². The number of piperidine rings is 1. The maximum Gasteiger partial charge on any atom is 0.253 e. The van der Waals surface area contributed by atoms with Crippen LogP contribution in [0, 0.1) is 0 Å². The smallest absolute Gasteiger partial charge is 0.253 e. The van der Waals surface area contributed by atoms with Gasteiger partial charge in [0.25, 0.3) is 5.91 Å². The first-order chi connectivity index (χ1) is 17.6. The fraction of sp³-hybridized carbons (Fsp3) is 0.379. The molecule has 2 aliphatic heterocycles. The van der Waals surface area contributed by atoms with Gasteiger partial charge in [-0.2, -0.15) is 0 Å². The van der Waals surface area contributed by atoms with Crippen molar-refractivity contribution in [3.63, 3.8) is 0 Å². The van der Waals surface area contributed by atoms with Crippen molar-refractivity contribution in [2.45, 2.75) is 32.0 Å². The molecule has 0 unspecified atom stereocenters. The Morgan fingerprint density at radius 3 is 2.25 bits per heavy atom. The zero-order valence-electron chi connectivity index (χ0n) is 20.6. The van der Waals surface area contributed by atoms with Gasteiger partial charge in [-0.3, -0.25) is 19.6 Å². The number of halogens is 1. The minimum absolute atomic E-state index is 0.0403. The first-order valence-electron chi connectivity index (χ1n) is 12.8. The molecule has 36 heavy (non-hydrogen) atoms. The van der Waals surface area contributed by atoms with Gasteiger partial charge in [-0.05, 0) is 47.5 Å². The summed E-state index contributed by atoms with van der Waals surface area (Å²) in [6.45, 7) is 7.54. The lowest BCUT2D eigenvalue weighted by Crippen LogP contribution is -2.45. The van der Waals surface area contributed by atoms with Crippen LogP contribution in [-0.2, 0) is 13.1 Å². The second-order valence-electron chi connectivity index (χ2n) is 9.68.